The van der Waals surface area contributed by atoms with Gasteiger partial charge in [-0.15, -0.1) is 0 Å². The van der Waals surface area contributed by atoms with Crippen molar-refractivity contribution in [1.29, 1.82) is 0 Å². The van der Waals surface area contributed by atoms with Gasteiger partial charge in [-0.05, 0) is 31.4 Å². The van der Waals surface area contributed by atoms with E-state index < -0.39 is 5.67 Å². The Morgan fingerprint density at radius 3 is 2.60 bits per heavy atom. The SMILES string of the molecule is Cc1ccc(CC2(F)CCCCC2)nc1. The molecule has 1 fully saturated rings. The summed E-state index contributed by atoms with van der Waals surface area (Å²) in [5.41, 5.74) is 1.04. The maximum absolute atomic E-state index is 14.3. The van der Waals surface area contributed by atoms with Crippen LogP contribution in [0.25, 0.3) is 0 Å². The van der Waals surface area contributed by atoms with Crippen molar-refractivity contribution < 1.29 is 4.39 Å². The van der Waals surface area contributed by atoms with Gasteiger partial charge in [0.1, 0.15) is 5.67 Å². The van der Waals surface area contributed by atoms with Crippen LogP contribution in [0.2, 0.25) is 0 Å². The molecule has 0 aliphatic heterocycles. The zero-order valence-electron chi connectivity index (χ0n) is 9.30. The van der Waals surface area contributed by atoms with E-state index in [0.717, 1.165) is 24.1 Å². The highest BCUT2D eigenvalue weighted by molar-refractivity contribution is 5.14. The summed E-state index contributed by atoms with van der Waals surface area (Å²) in [4.78, 5) is 4.28. The van der Waals surface area contributed by atoms with Crippen molar-refractivity contribution in [3.63, 3.8) is 0 Å². The number of hydrogen-bond donors (Lipinski definition) is 0. The van der Waals surface area contributed by atoms with Gasteiger partial charge in [-0.1, -0.05) is 25.3 Å². The predicted octanol–water partition coefficient (Wildman–Crippen LogP) is 3.60. The minimum absolute atomic E-state index is 0.493. The first-order valence-electron chi connectivity index (χ1n) is 5.78. The standard InChI is InChI=1S/C13H18FN/c1-11-5-6-12(15-10-11)9-13(14)7-3-2-4-8-13/h5-6,10H,2-4,7-9H2,1H3. The monoisotopic (exact) mass is 207 g/mol. The first-order chi connectivity index (χ1) is 7.18. The van der Waals surface area contributed by atoms with Crippen molar-refractivity contribution in [2.75, 3.05) is 0 Å². The van der Waals surface area contributed by atoms with E-state index in [1.165, 1.54) is 6.42 Å². The second-order valence-electron chi connectivity index (χ2n) is 4.72. The second-order valence-corrected chi connectivity index (χ2v) is 4.72. The lowest BCUT2D eigenvalue weighted by Crippen LogP contribution is -2.29. The lowest BCUT2D eigenvalue weighted by Gasteiger charge is -2.29. The third-order valence-corrected chi connectivity index (χ3v) is 3.22. The van der Waals surface area contributed by atoms with Crippen LogP contribution in [0.3, 0.4) is 0 Å². The molecule has 2 heteroatoms. The minimum atomic E-state index is -0.986. The van der Waals surface area contributed by atoms with Gasteiger partial charge in [-0.2, -0.15) is 0 Å². The molecule has 0 saturated heterocycles. The van der Waals surface area contributed by atoms with E-state index in [9.17, 15) is 4.39 Å². The molecule has 15 heavy (non-hydrogen) atoms. The Kier molecular flexibility index (Phi) is 3.03. The van der Waals surface area contributed by atoms with Crippen molar-refractivity contribution in [3.05, 3.63) is 29.6 Å². The summed E-state index contributed by atoms with van der Waals surface area (Å²) in [7, 11) is 0. The maximum atomic E-state index is 14.3. The highest BCUT2D eigenvalue weighted by Crippen LogP contribution is 2.34. The fraction of sp³-hybridized carbons (Fsp3) is 0.615. The van der Waals surface area contributed by atoms with Crippen LogP contribution in [0.15, 0.2) is 18.3 Å². The molecule has 0 bridgehead atoms. The lowest BCUT2D eigenvalue weighted by molar-refractivity contribution is 0.106. The molecule has 2 rings (SSSR count). The zero-order valence-corrected chi connectivity index (χ0v) is 9.30. The molecule has 0 amide bonds. The van der Waals surface area contributed by atoms with Gasteiger partial charge >= 0.3 is 0 Å². The van der Waals surface area contributed by atoms with Crippen LogP contribution in [0.1, 0.15) is 43.4 Å². The normalized spacial score (nSPS) is 20.1. The molecule has 1 aliphatic rings. The number of rotatable bonds is 2. The predicted molar refractivity (Wildman–Crippen MR) is 59.6 cm³/mol. The summed E-state index contributed by atoms with van der Waals surface area (Å²) in [6.45, 7) is 2.00. The molecule has 0 atom stereocenters. The summed E-state index contributed by atoms with van der Waals surface area (Å²) in [5, 5.41) is 0. The van der Waals surface area contributed by atoms with E-state index >= 15 is 0 Å². The minimum Gasteiger partial charge on any atom is -0.261 e. The Morgan fingerprint density at radius 1 is 1.27 bits per heavy atom. The Bertz CT molecular complexity index is 312. The summed E-state index contributed by atoms with van der Waals surface area (Å²) >= 11 is 0. The van der Waals surface area contributed by atoms with Crippen LogP contribution >= 0.6 is 0 Å². The van der Waals surface area contributed by atoms with Crippen molar-refractivity contribution in [2.45, 2.75) is 51.1 Å². The van der Waals surface area contributed by atoms with Crippen molar-refractivity contribution in [2.24, 2.45) is 0 Å². The summed E-state index contributed by atoms with van der Waals surface area (Å²) < 4.78 is 14.3. The first kappa shape index (κ1) is 10.6. The van der Waals surface area contributed by atoms with Crippen LogP contribution in [0.5, 0.6) is 0 Å². The number of pyridine rings is 1. The molecule has 1 aromatic rings. The van der Waals surface area contributed by atoms with Gasteiger partial charge < -0.3 is 0 Å². The van der Waals surface area contributed by atoms with Crippen LogP contribution in [-0.2, 0) is 6.42 Å². The van der Waals surface area contributed by atoms with Gasteiger partial charge in [-0.25, -0.2) is 4.39 Å². The molecular formula is C13H18FN. The molecule has 1 aliphatic carbocycles. The molecule has 0 N–H and O–H groups in total. The number of hydrogen-bond acceptors (Lipinski definition) is 1. The molecule has 1 heterocycles. The van der Waals surface area contributed by atoms with Gasteiger partial charge in [0.25, 0.3) is 0 Å². The smallest absolute Gasteiger partial charge is 0.116 e. The Labute approximate surface area is 90.7 Å². The first-order valence-corrected chi connectivity index (χ1v) is 5.78. The Hall–Kier alpha value is -0.920. The topological polar surface area (TPSA) is 12.9 Å². The van der Waals surface area contributed by atoms with Crippen molar-refractivity contribution in [3.8, 4) is 0 Å². The van der Waals surface area contributed by atoms with E-state index in [4.69, 9.17) is 0 Å². The van der Waals surface area contributed by atoms with Crippen LogP contribution in [-0.4, -0.2) is 10.7 Å². The quantitative estimate of drug-likeness (QED) is 0.722. The van der Waals surface area contributed by atoms with E-state index in [-0.39, 0.29) is 0 Å². The summed E-state index contributed by atoms with van der Waals surface area (Å²) in [5.74, 6) is 0. The third-order valence-electron chi connectivity index (χ3n) is 3.22. The molecule has 1 saturated carbocycles. The Balaban J connectivity index is 2.03. The van der Waals surface area contributed by atoms with Gasteiger partial charge in [-0.3, -0.25) is 4.98 Å². The molecule has 0 aromatic carbocycles. The number of aromatic nitrogens is 1. The summed E-state index contributed by atoms with van der Waals surface area (Å²) in [6.07, 6.45) is 6.98. The number of alkyl halides is 1. The average Bonchev–Trinajstić information content (AvgIpc) is 2.22. The number of aryl methyl sites for hydroxylation is 1. The number of halogens is 1. The van der Waals surface area contributed by atoms with E-state index in [2.05, 4.69) is 4.98 Å². The third kappa shape index (κ3) is 2.77. The molecule has 0 spiro atoms. The van der Waals surface area contributed by atoms with Crippen molar-refractivity contribution in [1.82, 2.24) is 4.98 Å². The molecule has 0 radical (unpaired) electrons. The fourth-order valence-electron chi connectivity index (χ4n) is 2.29. The van der Waals surface area contributed by atoms with Gasteiger partial charge in [0.05, 0.1) is 0 Å². The van der Waals surface area contributed by atoms with Crippen LogP contribution in [0, 0.1) is 6.92 Å². The fourth-order valence-corrected chi connectivity index (χ4v) is 2.29. The van der Waals surface area contributed by atoms with Crippen LogP contribution < -0.4 is 0 Å². The van der Waals surface area contributed by atoms with E-state index in [0.29, 0.717) is 19.3 Å². The van der Waals surface area contributed by atoms with E-state index in [1.54, 1.807) is 0 Å². The van der Waals surface area contributed by atoms with Crippen LogP contribution in [0.4, 0.5) is 4.39 Å². The molecule has 1 aromatic heterocycles. The second kappa shape index (κ2) is 4.30. The summed E-state index contributed by atoms with van der Waals surface area (Å²) in [6, 6.07) is 3.96. The average molecular weight is 207 g/mol. The molecule has 0 unspecified atom stereocenters. The van der Waals surface area contributed by atoms with E-state index in [1.807, 2.05) is 25.3 Å². The Morgan fingerprint density at radius 2 is 2.00 bits per heavy atom. The molecular weight excluding hydrogens is 189 g/mol. The van der Waals surface area contributed by atoms with Gasteiger partial charge in [0.15, 0.2) is 0 Å². The number of nitrogens with zero attached hydrogens (tertiary/aromatic N) is 1. The largest absolute Gasteiger partial charge is 0.261 e. The zero-order chi connectivity index (χ0) is 10.7. The maximum Gasteiger partial charge on any atom is 0.116 e. The van der Waals surface area contributed by atoms with Gasteiger partial charge in [0, 0.05) is 18.3 Å². The molecule has 82 valence electrons. The molecule has 1 nitrogen and oxygen atoms in total. The lowest BCUT2D eigenvalue weighted by atomic mass is 9.83. The van der Waals surface area contributed by atoms with Crippen molar-refractivity contribution >= 4 is 0 Å². The highest BCUT2D eigenvalue weighted by Gasteiger charge is 2.32. The van der Waals surface area contributed by atoms with Gasteiger partial charge in [0.2, 0.25) is 0 Å². The highest BCUT2D eigenvalue weighted by atomic mass is 19.1.